The lowest BCUT2D eigenvalue weighted by atomic mass is 9.48. The number of rotatable bonds is 3. The lowest BCUT2D eigenvalue weighted by molar-refractivity contribution is -0.138. The van der Waals surface area contributed by atoms with E-state index in [1.807, 2.05) is 6.92 Å². The molecule has 142 valence electrons. The second kappa shape index (κ2) is 6.39. The summed E-state index contributed by atoms with van der Waals surface area (Å²) < 4.78 is 5.46. The van der Waals surface area contributed by atoms with Crippen molar-refractivity contribution in [3.63, 3.8) is 0 Å². The fraction of sp³-hybridized carbons (Fsp3) is 0.708. The number of hydrogen-bond acceptors (Lipinski definition) is 2. The van der Waals surface area contributed by atoms with E-state index < -0.39 is 0 Å². The molecular formula is C24H34O2. The van der Waals surface area contributed by atoms with Crippen LogP contribution in [0.3, 0.4) is 0 Å². The highest BCUT2D eigenvalue weighted by Gasteiger charge is 2.58. The molecule has 0 aromatic rings. The van der Waals surface area contributed by atoms with Crippen LogP contribution in [0.15, 0.2) is 35.5 Å². The molecule has 2 heteroatoms. The maximum atomic E-state index is 12.8. The van der Waals surface area contributed by atoms with E-state index in [0.717, 1.165) is 17.9 Å². The summed E-state index contributed by atoms with van der Waals surface area (Å²) in [6.45, 7) is 9.61. The van der Waals surface area contributed by atoms with E-state index in [-0.39, 0.29) is 11.4 Å². The molecule has 0 saturated heterocycles. The predicted octanol–water partition coefficient (Wildman–Crippen LogP) is 5.85. The Morgan fingerprint density at radius 1 is 1.19 bits per heavy atom. The molecule has 0 radical (unpaired) electrons. The van der Waals surface area contributed by atoms with Gasteiger partial charge >= 0.3 is 5.97 Å². The monoisotopic (exact) mass is 354 g/mol. The van der Waals surface area contributed by atoms with Crippen molar-refractivity contribution < 1.29 is 9.53 Å². The highest BCUT2D eigenvalue weighted by Crippen LogP contribution is 2.65. The third-order valence-electron chi connectivity index (χ3n) is 8.44. The maximum absolute atomic E-state index is 12.8. The molecule has 2 nitrogen and oxygen atoms in total. The number of esters is 1. The largest absolute Gasteiger partial charge is 0.462 e. The summed E-state index contributed by atoms with van der Waals surface area (Å²) in [6, 6.07) is 0. The first-order valence-electron chi connectivity index (χ1n) is 10.7. The van der Waals surface area contributed by atoms with Gasteiger partial charge in [0, 0.05) is 5.41 Å². The molecule has 0 spiro atoms. The summed E-state index contributed by atoms with van der Waals surface area (Å²) in [5.74, 6) is 2.58. The zero-order chi connectivity index (χ0) is 18.5. The molecule has 0 amide bonds. The van der Waals surface area contributed by atoms with Crippen molar-refractivity contribution in [2.24, 2.45) is 34.5 Å². The van der Waals surface area contributed by atoms with Gasteiger partial charge in [-0.25, -0.2) is 4.79 Å². The number of allylic oxidation sites excluding steroid dienone is 4. The van der Waals surface area contributed by atoms with E-state index in [1.165, 1.54) is 37.7 Å². The zero-order valence-corrected chi connectivity index (χ0v) is 16.9. The second-order valence-electron chi connectivity index (χ2n) is 9.36. The minimum atomic E-state index is -0.115. The Kier molecular flexibility index (Phi) is 4.44. The molecule has 0 heterocycles. The van der Waals surface area contributed by atoms with Gasteiger partial charge in [0.15, 0.2) is 0 Å². The van der Waals surface area contributed by atoms with Gasteiger partial charge in [0.1, 0.15) is 0 Å². The Bertz CT molecular complexity index is 684. The summed E-state index contributed by atoms with van der Waals surface area (Å²) in [5.41, 5.74) is 2.53. The van der Waals surface area contributed by atoms with Crippen LogP contribution in [0, 0.1) is 34.5 Å². The van der Waals surface area contributed by atoms with Gasteiger partial charge in [0.25, 0.3) is 0 Å². The first-order valence-corrected chi connectivity index (χ1v) is 10.7. The predicted molar refractivity (Wildman–Crippen MR) is 105 cm³/mol. The topological polar surface area (TPSA) is 26.3 Å². The molecule has 6 atom stereocenters. The molecular weight excluding hydrogens is 320 g/mol. The Hall–Kier alpha value is -1.31. The molecule has 0 unspecified atom stereocenters. The molecule has 4 rings (SSSR count). The van der Waals surface area contributed by atoms with Gasteiger partial charge in [0.2, 0.25) is 0 Å². The van der Waals surface area contributed by atoms with Crippen molar-refractivity contribution in [3.05, 3.63) is 35.5 Å². The molecule has 2 fully saturated rings. The zero-order valence-electron chi connectivity index (χ0n) is 16.9. The molecule has 0 aromatic carbocycles. The van der Waals surface area contributed by atoms with Gasteiger partial charge in [-0.15, -0.1) is 0 Å². The van der Waals surface area contributed by atoms with E-state index in [9.17, 15) is 4.79 Å². The lowest BCUT2D eigenvalue weighted by Gasteiger charge is -2.55. The van der Waals surface area contributed by atoms with Crippen LogP contribution in [0.5, 0.6) is 0 Å². The normalized spacial score (nSPS) is 43.7. The fourth-order valence-electron chi connectivity index (χ4n) is 7.11. The number of ether oxygens (including phenoxy) is 1. The van der Waals surface area contributed by atoms with Crippen molar-refractivity contribution in [1.82, 2.24) is 0 Å². The van der Waals surface area contributed by atoms with E-state index >= 15 is 0 Å². The first-order chi connectivity index (χ1) is 12.5. The van der Waals surface area contributed by atoms with Crippen molar-refractivity contribution in [2.75, 3.05) is 6.61 Å². The Morgan fingerprint density at radius 2 is 2.00 bits per heavy atom. The van der Waals surface area contributed by atoms with Gasteiger partial charge in [-0.3, -0.25) is 0 Å². The fourth-order valence-corrected chi connectivity index (χ4v) is 7.11. The summed E-state index contributed by atoms with van der Waals surface area (Å²) in [7, 11) is 0. The van der Waals surface area contributed by atoms with Crippen molar-refractivity contribution in [1.29, 1.82) is 0 Å². The minimum Gasteiger partial charge on any atom is -0.462 e. The highest BCUT2D eigenvalue weighted by molar-refractivity contribution is 5.94. The Labute approximate surface area is 158 Å². The molecule has 4 aliphatic rings. The molecule has 4 aliphatic carbocycles. The van der Waals surface area contributed by atoms with Crippen LogP contribution in [0.2, 0.25) is 0 Å². The van der Waals surface area contributed by atoms with Crippen LogP contribution >= 0.6 is 0 Å². The van der Waals surface area contributed by atoms with Crippen LogP contribution in [0.25, 0.3) is 0 Å². The molecule has 0 N–H and O–H groups in total. The first kappa shape index (κ1) is 18.1. The van der Waals surface area contributed by atoms with Crippen LogP contribution in [0.4, 0.5) is 0 Å². The summed E-state index contributed by atoms with van der Waals surface area (Å²) >= 11 is 0. The average Bonchev–Trinajstić information content (AvgIpc) is 2.97. The summed E-state index contributed by atoms with van der Waals surface area (Å²) in [4.78, 5) is 12.8. The van der Waals surface area contributed by atoms with Crippen LogP contribution in [-0.4, -0.2) is 12.6 Å². The van der Waals surface area contributed by atoms with E-state index in [4.69, 9.17) is 4.74 Å². The molecule has 2 saturated carbocycles. The number of fused-ring (bicyclic) bond motifs is 5. The van der Waals surface area contributed by atoms with Crippen LogP contribution < -0.4 is 0 Å². The quantitative estimate of drug-likeness (QED) is 0.469. The SMILES string of the molecule is CCOC(=O)C1=C[C@H]2[C@@H]3CC[C@H](CC)[C@@]3(C)CC[C@@H]2[C@@]2(C)C=CCC=C12. The summed E-state index contributed by atoms with van der Waals surface area (Å²) in [6.07, 6.45) is 16.8. The summed E-state index contributed by atoms with van der Waals surface area (Å²) in [5, 5.41) is 0. The standard InChI is InChI=1S/C24H34O2/c1-5-16-10-11-20-17-15-18(22(25)26-6-2)19-9-7-8-13-24(19,4)21(17)12-14-23(16,20)3/h8-9,13,15-17,20-21H,5-7,10-12,14H2,1-4H3/t16-,17-,20-,21-,23+,24-/m0/s1. The van der Waals surface area contributed by atoms with Crippen molar-refractivity contribution in [2.45, 2.75) is 66.2 Å². The average molecular weight is 355 g/mol. The molecule has 0 bridgehead atoms. The Balaban J connectivity index is 1.80. The van der Waals surface area contributed by atoms with Gasteiger partial charge in [-0.2, -0.15) is 0 Å². The van der Waals surface area contributed by atoms with Crippen LogP contribution in [-0.2, 0) is 9.53 Å². The van der Waals surface area contributed by atoms with Gasteiger partial charge in [-0.05, 0) is 73.7 Å². The molecule has 0 aliphatic heterocycles. The van der Waals surface area contributed by atoms with Gasteiger partial charge in [-0.1, -0.05) is 51.5 Å². The third kappa shape index (κ3) is 2.40. The van der Waals surface area contributed by atoms with Crippen molar-refractivity contribution in [3.8, 4) is 0 Å². The van der Waals surface area contributed by atoms with Crippen LogP contribution in [0.1, 0.15) is 66.2 Å². The molecule has 26 heavy (non-hydrogen) atoms. The van der Waals surface area contributed by atoms with Crippen molar-refractivity contribution >= 4 is 5.97 Å². The highest BCUT2D eigenvalue weighted by atomic mass is 16.5. The van der Waals surface area contributed by atoms with E-state index in [2.05, 4.69) is 45.1 Å². The van der Waals surface area contributed by atoms with Gasteiger partial charge < -0.3 is 4.74 Å². The number of hydrogen-bond donors (Lipinski definition) is 0. The second-order valence-corrected chi connectivity index (χ2v) is 9.36. The minimum absolute atomic E-state index is 0.00854. The Morgan fingerprint density at radius 3 is 2.73 bits per heavy atom. The van der Waals surface area contributed by atoms with E-state index in [1.54, 1.807) is 0 Å². The smallest absolute Gasteiger partial charge is 0.338 e. The van der Waals surface area contributed by atoms with E-state index in [0.29, 0.717) is 29.8 Å². The maximum Gasteiger partial charge on any atom is 0.338 e. The number of carbonyl (C=O) groups excluding carboxylic acids is 1. The molecule has 0 aromatic heterocycles. The third-order valence-corrected chi connectivity index (χ3v) is 8.44. The lowest BCUT2D eigenvalue weighted by Crippen LogP contribution is -2.49. The number of carbonyl (C=O) groups is 1. The van der Waals surface area contributed by atoms with Gasteiger partial charge in [0.05, 0.1) is 12.2 Å².